The second-order valence-corrected chi connectivity index (χ2v) is 7.44. The fraction of sp³-hybridized carbons (Fsp3) is 0.579. The van der Waals surface area contributed by atoms with E-state index in [0.29, 0.717) is 13.1 Å². The Bertz CT molecular complexity index is 795. The number of carbonyl (C=O) groups excluding carboxylic acids is 1. The molecule has 7 heteroatoms. The first kappa shape index (κ1) is 17.1. The Morgan fingerprint density at radius 2 is 2.35 bits per heavy atom. The van der Waals surface area contributed by atoms with Crippen LogP contribution in [0.5, 0.6) is 0 Å². The number of carbonyl (C=O) groups is 1. The van der Waals surface area contributed by atoms with Crippen LogP contribution in [0.2, 0.25) is 0 Å². The fourth-order valence-corrected chi connectivity index (χ4v) is 3.83. The van der Waals surface area contributed by atoms with E-state index < -0.39 is 0 Å². The van der Waals surface area contributed by atoms with E-state index >= 15 is 0 Å². The summed E-state index contributed by atoms with van der Waals surface area (Å²) < 4.78 is 1.85. The summed E-state index contributed by atoms with van der Waals surface area (Å²) in [5, 5.41) is 7.83. The predicted octanol–water partition coefficient (Wildman–Crippen LogP) is 1.63. The van der Waals surface area contributed by atoms with Crippen LogP contribution in [0, 0.1) is 12.8 Å². The maximum atomic E-state index is 12.8. The smallest absolute Gasteiger partial charge is 0.227 e. The van der Waals surface area contributed by atoms with E-state index in [1.807, 2.05) is 41.9 Å². The third-order valence-electron chi connectivity index (χ3n) is 5.29. The summed E-state index contributed by atoms with van der Waals surface area (Å²) in [4.78, 5) is 24.1. The molecule has 0 radical (unpaired) electrons. The van der Waals surface area contributed by atoms with Gasteiger partial charge in [0.25, 0.3) is 0 Å². The lowest BCUT2D eigenvalue weighted by molar-refractivity contribution is -0.136. The third-order valence-corrected chi connectivity index (χ3v) is 5.29. The van der Waals surface area contributed by atoms with Gasteiger partial charge in [0.15, 0.2) is 0 Å². The van der Waals surface area contributed by atoms with Crippen LogP contribution < -0.4 is 5.32 Å². The SMILES string of the molecule is Cc1ccn(C[C@@H](C)C(=O)N2CCc3nc([C@@H]4CCCN4)ncc3C2)n1. The summed E-state index contributed by atoms with van der Waals surface area (Å²) in [7, 11) is 0. The number of hydrogen-bond acceptors (Lipinski definition) is 5. The van der Waals surface area contributed by atoms with Gasteiger partial charge in [0.2, 0.25) is 5.91 Å². The standard InChI is InChI=1S/C19H26N6O/c1-13(11-25-9-5-14(2)23-25)19(26)24-8-6-16-15(12-24)10-21-18(22-16)17-4-3-7-20-17/h5,9-10,13,17,20H,3-4,6-8,11-12H2,1-2H3/t13-,17+/m1/s1. The van der Waals surface area contributed by atoms with Crippen LogP contribution >= 0.6 is 0 Å². The zero-order valence-electron chi connectivity index (χ0n) is 15.5. The molecule has 0 saturated carbocycles. The minimum atomic E-state index is -0.0984. The molecule has 7 nitrogen and oxygen atoms in total. The van der Waals surface area contributed by atoms with Crippen molar-refractivity contribution >= 4 is 5.91 Å². The molecular weight excluding hydrogens is 328 g/mol. The van der Waals surface area contributed by atoms with Crippen molar-refractivity contribution in [3.63, 3.8) is 0 Å². The quantitative estimate of drug-likeness (QED) is 0.903. The van der Waals surface area contributed by atoms with E-state index in [1.165, 1.54) is 6.42 Å². The van der Waals surface area contributed by atoms with Crippen LogP contribution in [0.1, 0.15) is 48.6 Å². The Hall–Kier alpha value is -2.28. The highest BCUT2D eigenvalue weighted by atomic mass is 16.2. The number of hydrogen-bond donors (Lipinski definition) is 1. The molecule has 1 N–H and O–H groups in total. The normalized spacial score (nSPS) is 20.8. The van der Waals surface area contributed by atoms with E-state index in [-0.39, 0.29) is 17.9 Å². The van der Waals surface area contributed by atoms with E-state index in [1.54, 1.807) is 0 Å². The highest BCUT2D eigenvalue weighted by Crippen LogP contribution is 2.23. The monoisotopic (exact) mass is 354 g/mol. The maximum absolute atomic E-state index is 12.8. The van der Waals surface area contributed by atoms with E-state index in [2.05, 4.69) is 15.4 Å². The molecule has 2 aromatic heterocycles. The van der Waals surface area contributed by atoms with Gasteiger partial charge in [0.05, 0.1) is 29.9 Å². The number of rotatable bonds is 4. The highest BCUT2D eigenvalue weighted by Gasteiger charge is 2.27. The number of aryl methyl sites for hydroxylation is 1. The summed E-state index contributed by atoms with van der Waals surface area (Å²) in [5.74, 6) is 0.979. The highest BCUT2D eigenvalue weighted by molar-refractivity contribution is 5.78. The molecule has 2 aliphatic heterocycles. The van der Waals surface area contributed by atoms with Crippen LogP contribution in [0.25, 0.3) is 0 Å². The Morgan fingerprint density at radius 3 is 3.08 bits per heavy atom. The van der Waals surface area contributed by atoms with E-state index in [4.69, 9.17) is 4.98 Å². The van der Waals surface area contributed by atoms with Gasteiger partial charge in [-0.1, -0.05) is 6.92 Å². The number of amides is 1. The molecule has 0 bridgehead atoms. The lowest BCUT2D eigenvalue weighted by Gasteiger charge is -2.30. The summed E-state index contributed by atoms with van der Waals surface area (Å²) in [6.45, 7) is 6.91. The van der Waals surface area contributed by atoms with Crippen LogP contribution in [0.3, 0.4) is 0 Å². The molecule has 4 heterocycles. The lowest BCUT2D eigenvalue weighted by atomic mass is 10.0. The average Bonchev–Trinajstić information content (AvgIpc) is 3.32. The van der Waals surface area contributed by atoms with Crippen molar-refractivity contribution in [2.45, 2.75) is 52.2 Å². The van der Waals surface area contributed by atoms with Crippen LogP contribution in [0.15, 0.2) is 18.5 Å². The molecule has 1 saturated heterocycles. The van der Waals surface area contributed by atoms with Crippen molar-refractivity contribution in [2.24, 2.45) is 5.92 Å². The van der Waals surface area contributed by atoms with Crippen molar-refractivity contribution in [3.05, 3.63) is 41.2 Å². The number of nitrogens with one attached hydrogen (secondary N) is 1. The van der Waals surface area contributed by atoms with Gasteiger partial charge in [0, 0.05) is 37.5 Å². The van der Waals surface area contributed by atoms with Gasteiger partial charge in [-0.15, -0.1) is 0 Å². The minimum absolute atomic E-state index is 0.0984. The van der Waals surface area contributed by atoms with Crippen molar-refractivity contribution in [3.8, 4) is 0 Å². The number of aromatic nitrogens is 4. The molecule has 2 aliphatic rings. The molecular formula is C19H26N6O. The second-order valence-electron chi connectivity index (χ2n) is 7.44. The summed E-state index contributed by atoms with van der Waals surface area (Å²) in [6.07, 6.45) is 6.93. The van der Waals surface area contributed by atoms with Gasteiger partial charge >= 0.3 is 0 Å². The largest absolute Gasteiger partial charge is 0.338 e. The zero-order chi connectivity index (χ0) is 18.1. The Kier molecular flexibility index (Phi) is 4.72. The second kappa shape index (κ2) is 7.15. The summed E-state index contributed by atoms with van der Waals surface area (Å²) in [6, 6.07) is 2.25. The number of fused-ring (bicyclic) bond motifs is 1. The lowest BCUT2D eigenvalue weighted by Crippen LogP contribution is -2.40. The molecule has 0 spiro atoms. The Labute approximate surface area is 153 Å². The van der Waals surface area contributed by atoms with E-state index in [0.717, 1.165) is 48.7 Å². The molecule has 1 amide bonds. The first-order chi connectivity index (χ1) is 12.6. The first-order valence-electron chi connectivity index (χ1n) is 9.47. The fourth-order valence-electron chi connectivity index (χ4n) is 3.83. The maximum Gasteiger partial charge on any atom is 0.227 e. The number of nitrogens with zero attached hydrogens (tertiary/aromatic N) is 5. The van der Waals surface area contributed by atoms with Crippen LogP contribution in [-0.2, 0) is 24.3 Å². The average molecular weight is 354 g/mol. The Balaban J connectivity index is 1.41. The molecule has 0 aliphatic carbocycles. The molecule has 26 heavy (non-hydrogen) atoms. The molecule has 0 unspecified atom stereocenters. The van der Waals surface area contributed by atoms with Crippen LogP contribution in [0.4, 0.5) is 0 Å². The Morgan fingerprint density at radius 1 is 1.46 bits per heavy atom. The molecule has 4 rings (SSSR count). The molecule has 2 atom stereocenters. The summed E-state index contributed by atoms with van der Waals surface area (Å²) in [5.41, 5.74) is 3.15. The van der Waals surface area contributed by atoms with Gasteiger partial charge in [-0.3, -0.25) is 9.48 Å². The van der Waals surface area contributed by atoms with Gasteiger partial charge < -0.3 is 10.2 Å². The third kappa shape index (κ3) is 3.49. The van der Waals surface area contributed by atoms with Gasteiger partial charge in [0.1, 0.15) is 5.82 Å². The molecule has 2 aromatic rings. The van der Waals surface area contributed by atoms with Gasteiger partial charge in [-0.2, -0.15) is 5.10 Å². The summed E-state index contributed by atoms with van der Waals surface area (Å²) >= 11 is 0. The topological polar surface area (TPSA) is 75.9 Å². The van der Waals surface area contributed by atoms with Crippen LogP contribution in [-0.4, -0.2) is 43.6 Å². The van der Waals surface area contributed by atoms with Crippen molar-refractivity contribution in [1.82, 2.24) is 30.0 Å². The molecule has 1 fully saturated rings. The van der Waals surface area contributed by atoms with E-state index in [9.17, 15) is 4.79 Å². The first-order valence-corrected chi connectivity index (χ1v) is 9.47. The zero-order valence-corrected chi connectivity index (χ0v) is 15.5. The van der Waals surface area contributed by atoms with Gasteiger partial charge in [-0.25, -0.2) is 9.97 Å². The minimum Gasteiger partial charge on any atom is -0.338 e. The molecule has 138 valence electrons. The van der Waals surface area contributed by atoms with Crippen molar-refractivity contribution < 1.29 is 4.79 Å². The van der Waals surface area contributed by atoms with Crippen molar-refractivity contribution in [2.75, 3.05) is 13.1 Å². The predicted molar refractivity (Wildman–Crippen MR) is 97.3 cm³/mol. The van der Waals surface area contributed by atoms with Gasteiger partial charge in [-0.05, 0) is 32.4 Å². The molecule has 0 aromatic carbocycles. The van der Waals surface area contributed by atoms with Crippen molar-refractivity contribution in [1.29, 1.82) is 0 Å².